The van der Waals surface area contributed by atoms with Crippen LogP contribution in [0, 0.1) is 0 Å². The maximum Gasteiger partial charge on any atom is 0.251 e. The third-order valence-corrected chi connectivity index (χ3v) is 8.56. The van der Waals surface area contributed by atoms with Crippen molar-refractivity contribution in [2.75, 3.05) is 6.54 Å². The van der Waals surface area contributed by atoms with Crippen molar-refractivity contribution >= 4 is 33.0 Å². The smallest absolute Gasteiger partial charge is 0.251 e. The molecule has 1 unspecified atom stereocenters. The van der Waals surface area contributed by atoms with E-state index in [9.17, 15) is 18.0 Å². The molecule has 3 rings (SSSR count). The molecule has 30 heavy (non-hydrogen) atoms. The molecule has 2 amide bonds. The van der Waals surface area contributed by atoms with Gasteiger partial charge in [-0.25, -0.2) is 8.42 Å². The van der Waals surface area contributed by atoms with Gasteiger partial charge in [0.2, 0.25) is 5.91 Å². The van der Waals surface area contributed by atoms with Crippen molar-refractivity contribution in [1.82, 2.24) is 10.2 Å². The number of thiophene rings is 1. The van der Waals surface area contributed by atoms with Gasteiger partial charge in [0.25, 0.3) is 5.91 Å². The van der Waals surface area contributed by atoms with Crippen LogP contribution in [0.2, 0.25) is 0 Å². The number of fused-ring (bicyclic) bond motifs is 1. The van der Waals surface area contributed by atoms with Crippen molar-refractivity contribution in [2.24, 2.45) is 0 Å². The molecule has 0 saturated heterocycles. The summed E-state index contributed by atoms with van der Waals surface area (Å²) in [6, 6.07) is 7.35. The zero-order chi connectivity index (χ0) is 21.9. The molecule has 0 radical (unpaired) electrons. The Morgan fingerprint density at radius 2 is 1.87 bits per heavy atom. The van der Waals surface area contributed by atoms with E-state index >= 15 is 0 Å². The number of benzene rings is 1. The van der Waals surface area contributed by atoms with Crippen LogP contribution in [0.25, 0.3) is 0 Å². The van der Waals surface area contributed by atoms with E-state index in [0.717, 1.165) is 12.8 Å². The van der Waals surface area contributed by atoms with Crippen molar-refractivity contribution in [3.63, 3.8) is 0 Å². The van der Waals surface area contributed by atoms with Gasteiger partial charge in [0.1, 0.15) is 6.04 Å². The fourth-order valence-corrected chi connectivity index (χ4v) is 5.46. The summed E-state index contributed by atoms with van der Waals surface area (Å²) in [6.45, 7) is 6.46. The molecule has 162 valence electrons. The third-order valence-electron chi connectivity index (χ3n) is 5.37. The van der Waals surface area contributed by atoms with Crippen LogP contribution < -0.4 is 5.32 Å². The molecule has 0 aliphatic carbocycles. The number of rotatable bonds is 7. The molecule has 1 aromatic heterocycles. The lowest BCUT2D eigenvalue weighted by molar-refractivity contribution is -0.134. The van der Waals surface area contributed by atoms with Gasteiger partial charge in [-0.15, -0.1) is 11.3 Å². The van der Waals surface area contributed by atoms with E-state index in [1.165, 1.54) is 34.7 Å². The van der Waals surface area contributed by atoms with Crippen LogP contribution in [0.4, 0.5) is 0 Å². The van der Waals surface area contributed by atoms with E-state index < -0.39 is 21.1 Å². The number of nitrogens with zero attached hydrogens (tertiary/aromatic N) is 1. The summed E-state index contributed by atoms with van der Waals surface area (Å²) < 4.78 is 24.5. The Kier molecular flexibility index (Phi) is 6.98. The largest absolute Gasteiger partial charge is 0.340 e. The molecular formula is C22H28N2O4S2. The Labute approximate surface area is 182 Å². The van der Waals surface area contributed by atoms with Crippen LogP contribution in [0.5, 0.6) is 0 Å². The van der Waals surface area contributed by atoms with Gasteiger partial charge in [-0.05, 0) is 68.0 Å². The van der Waals surface area contributed by atoms with E-state index in [2.05, 4.69) is 11.4 Å². The summed E-state index contributed by atoms with van der Waals surface area (Å²) >= 11 is 1.72. The molecule has 8 heteroatoms. The molecule has 1 atom stereocenters. The molecule has 2 heterocycles. The second-order valence-corrected chi connectivity index (χ2v) is 11.3. The van der Waals surface area contributed by atoms with Crippen molar-refractivity contribution in [3.8, 4) is 0 Å². The first-order chi connectivity index (χ1) is 14.2. The topological polar surface area (TPSA) is 83.5 Å². The Bertz CT molecular complexity index is 1010. The number of carbonyl (C=O) groups excluding carboxylic acids is 2. The Balaban J connectivity index is 1.70. The van der Waals surface area contributed by atoms with Crippen LogP contribution in [0.15, 0.2) is 40.6 Å². The Morgan fingerprint density at radius 3 is 2.50 bits per heavy atom. The molecule has 0 spiro atoms. The molecule has 0 saturated carbocycles. The van der Waals surface area contributed by atoms with Crippen LogP contribution in [-0.2, 0) is 27.6 Å². The van der Waals surface area contributed by atoms with Gasteiger partial charge in [0.05, 0.1) is 10.1 Å². The molecule has 1 N–H and O–H groups in total. The number of carbonyl (C=O) groups is 2. The third kappa shape index (κ3) is 4.75. The number of nitrogens with one attached hydrogen (secondary N) is 1. The van der Waals surface area contributed by atoms with Gasteiger partial charge in [-0.3, -0.25) is 9.59 Å². The first-order valence-electron chi connectivity index (χ1n) is 10.2. The summed E-state index contributed by atoms with van der Waals surface area (Å²) in [5.41, 5.74) is 1.52. The van der Waals surface area contributed by atoms with Crippen LogP contribution in [-0.4, -0.2) is 43.0 Å². The molecule has 1 aliphatic heterocycles. The van der Waals surface area contributed by atoms with Gasteiger partial charge in [0, 0.05) is 23.5 Å². The quantitative estimate of drug-likeness (QED) is 0.704. The number of amides is 2. The summed E-state index contributed by atoms with van der Waals surface area (Å²) in [5.74, 6) is -0.440. The van der Waals surface area contributed by atoms with Crippen molar-refractivity contribution in [2.45, 2.75) is 62.8 Å². The summed E-state index contributed by atoms with van der Waals surface area (Å²) in [6.07, 6.45) is 2.16. The zero-order valence-electron chi connectivity index (χ0n) is 17.6. The normalized spacial score (nSPS) is 15.0. The van der Waals surface area contributed by atoms with E-state index in [-0.39, 0.29) is 16.7 Å². The van der Waals surface area contributed by atoms with Crippen LogP contribution in [0.3, 0.4) is 0 Å². The highest BCUT2D eigenvalue weighted by Crippen LogP contribution is 2.25. The highest BCUT2D eigenvalue weighted by Gasteiger charge is 2.29. The fraction of sp³-hybridized carbons (Fsp3) is 0.455. The molecule has 6 nitrogen and oxygen atoms in total. The first-order valence-corrected chi connectivity index (χ1v) is 12.7. The highest BCUT2D eigenvalue weighted by molar-refractivity contribution is 7.92. The summed E-state index contributed by atoms with van der Waals surface area (Å²) in [5, 5.41) is 4.37. The van der Waals surface area contributed by atoms with Gasteiger partial charge < -0.3 is 10.2 Å². The number of hydrogen-bond donors (Lipinski definition) is 1. The highest BCUT2D eigenvalue weighted by atomic mass is 32.2. The maximum atomic E-state index is 13.1. The summed E-state index contributed by atoms with van der Waals surface area (Å²) in [4.78, 5) is 29.2. The van der Waals surface area contributed by atoms with Crippen molar-refractivity contribution < 1.29 is 18.0 Å². The lowest BCUT2D eigenvalue weighted by Gasteiger charge is -2.31. The Morgan fingerprint density at radius 1 is 1.17 bits per heavy atom. The van der Waals surface area contributed by atoms with Gasteiger partial charge >= 0.3 is 0 Å². The fourth-order valence-electron chi connectivity index (χ4n) is 3.51. The van der Waals surface area contributed by atoms with E-state index in [0.29, 0.717) is 25.1 Å². The predicted molar refractivity (Wildman–Crippen MR) is 118 cm³/mol. The van der Waals surface area contributed by atoms with Gasteiger partial charge in [0.15, 0.2) is 9.84 Å². The summed E-state index contributed by atoms with van der Waals surface area (Å²) in [7, 11) is -3.39. The second kappa shape index (κ2) is 9.31. The van der Waals surface area contributed by atoms with Gasteiger partial charge in [-0.1, -0.05) is 13.3 Å². The zero-order valence-corrected chi connectivity index (χ0v) is 19.2. The van der Waals surface area contributed by atoms with Crippen molar-refractivity contribution in [1.29, 1.82) is 0 Å². The molecule has 1 aliphatic rings. The molecule has 0 fully saturated rings. The predicted octanol–water partition coefficient (Wildman–Crippen LogP) is 3.41. The SMILES string of the molecule is CCCC(NC(=O)c1ccc(S(=O)(=O)C(C)C)cc1)C(=O)N1CCc2sccc2C1. The minimum atomic E-state index is -3.39. The average molecular weight is 449 g/mol. The average Bonchev–Trinajstić information content (AvgIpc) is 3.20. The van der Waals surface area contributed by atoms with Crippen molar-refractivity contribution in [3.05, 3.63) is 51.7 Å². The minimum absolute atomic E-state index is 0.0685. The van der Waals surface area contributed by atoms with Gasteiger partial charge in [-0.2, -0.15) is 0 Å². The lowest BCUT2D eigenvalue weighted by Crippen LogP contribution is -2.49. The van der Waals surface area contributed by atoms with E-state index in [1.807, 2.05) is 17.2 Å². The molecule has 0 bridgehead atoms. The lowest BCUT2D eigenvalue weighted by atomic mass is 10.1. The standard InChI is InChI=1S/C22H28N2O4S2/c1-4-5-19(22(26)24-12-10-20-17(14-24)11-13-29-20)23-21(25)16-6-8-18(9-7-16)30(27,28)15(2)3/h6-9,11,13,15,19H,4-5,10,12,14H2,1-3H3,(H,23,25). The second-order valence-electron chi connectivity index (χ2n) is 7.81. The van der Waals surface area contributed by atoms with Crippen LogP contribution >= 0.6 is 11.3 Å². The van der Waals surface area contributed by atoms with E-state index in [4.69, 9.17) is 0 Å². The monoisotopic (exact) mass is 448 g/mol. The molecular weight excluding hydrogens is 420 g/mol. The number of sulfone groups is 1. The maximum absolute atomic E-state index is 13.1. The van der Waals surface area contributed by atoms with E-state index in [1.54, 1.807) is 25.2 Å². The number of hydrogen-bond acceptors (Lipinski definition) is 5. The Hall–Kier alpha value is -2.19. The minimum Gasteiger partial charge on any atom is -0.340 e. The van der Waals surface area contributed by atoms with Crippen LogP contribution in [0.1, 0.15) is 54.4 Å². The molecule has 1 aromatic carbocycles. The molecule has 2 aromatic rings. The first kappa shape index (κ1) is 22.5.